The third-order valence-electron chi connectivity index (χ3n) is 2.31. The van der Waals surface area contributed by atoms with Crippen LogP contribution in [0, 0.1) is 0 Å². The second-order valence-corrected chi connectivity index (χ2v) is 4.61. The zero-order chi connectivity index (χ0) is 12.8. The number of pyridine rings is 1. The number of carbonyl (C=O) groups excluding carboxylic acids is 2. The van der Waals surface area contributed by atoms with Crippen molar-refractivity contribution in [3.8, 4) is 0 Å². The number of aromatic nitrogens is 1. The van der Waals surface area contributed by atoms with Crippen LogP contribution in [0.1, 0.15) is 22.5 Å². The Morgan fingerprint density at radius 2 is 2.06 bits per heavy atom. The van der Waals surface area contributed by atoms with Gasteiger partial charge >= 0.3 is 0 Å². The first-order valence-corrected chi connectivity index (χ1v) is 6.41. The summed E-state index contributed by atoms with van der Waals surface area (Å²) in [4.78, 5) is 27.9. The maximum atomic E-state index is 11.7. The van der Waals surface area contributed by atoms with Crippen LogP contribution in [-0.4, -0.2) is 16.7 Å². The van der Waals surface area contributed by atoms with E-state index in [9.17, 15) is 9.59 Å². The highest BCUT2D eigenvalue weighted by atomic mass is 32.1. The summed E-state index contributed by atoms with van der Waals surface area (Å²) in [6.07, 6.45) is 2.00. The lowest BCUT2D eigenvalue weighted by Crippen LogP contribution is -2.13. The molecule has 0 atom stereocenters. The van der Waals surface area contributed by atoms with E-state index < -0.39 is 0 Å². The number of ketones is 1. The molecule has 0 unspecified atom stereocenters. The van der Waals surface area contributed by atoms with Gasteiger partial charge in [-0.1, -0.05) is 12.1 Å². The maximum absolute atomic E-state index is 11.7. The Bertz CT molecular complexity index is 523. The van der Waals surface area contributed by atoms with Crippen molar-refractivity contribution >= 4 is 28.8 Å². The Kier molecular flexibility index (Phi) is 4.20. The first-order valence-electron chi connectivity index (χ1n) is 5.53. The molecule has 18 heavy (non-hydrogen) atoms. The van der Waals surface area contributed by atoms with Crippen LogP contribution in [0.25, 0.3) is 0 Å². The summed E-state index contributed by atoms with van der Waals surface area (Å²) < 4.78 is 0. The molecule has 0 fully saturated rings. The van der Waals surface area contributed by atoms with E-state index in [1.54, 1.807) is 30.5 Å². The van der Waals surface area contributed by atoms with Crippen LogP contribution in [0.3, 0.4) is 0 Å². The van der Waals surface area contributed by atoms with Gasteiger partial charge in [0.25, 0.3) is 0 Å². The molecule has 0 spiro atoms. The van der Waals surface area contributed by atoms with Crippen molar-refractivity contribution in [2.24, 2.45) is 0 Å². The molecule has 2 aromatic rings. The van der Waals surface area contributed by atoms with Crippen molar-refractivity contribution in [2.45, 2.75) is 12.8 Å². The van der Waals surface area contributed by atoms with Gasteiger partial charge in [-0.15, -0.1) is 11.3 Å². The van der Waals surface area contributed by atoms with Gasteiger partial charge < -0.3 is 5.32 Å². The Morgan fingerprint density at radius 1 is 1.17 bits per heavy atom. The summed E-state index contributed by atoms with van der Waals surface area (Å²) in [7, 11) is 0. The van der Waals surface area contributed by atoms with Gasteiger partial charge in [-0.2, -0.15) is 0 Å². The van der Waals surface area contributed by atoms with E-state index in [0.29, 0.717) is 10.7 Å². The van der Waals surface area contributed by atoms with E-state index >= 15 is 0 Å². The molecular weight excluding hydrogens is 248 g/mol. The second-order valence-electron chi connectivity index (χ2n) is 3.66. The third kappa shape index (κ3) is 3.49. The molecule has 2 rings (SSSR count). The number of hydrogen-bond donors (Lipinski definition) is 1. The molecule has 0 bridgehead atoms. The molecular formula is C13H12N2O2S. The largest absolute Gasteiger partial charge is 0.311 e. The molecule has 1 N–H and O–H groups in total. The summed E-state index contributed by atoms with van der Waals surface area (Å²) in [5.41, 5.74) is 0. The highest BCUT2D eigenvalue weighted by molar-refractivity contribution is 7.12. The molecule has 0 aliphatic carbocycles. The Hall–Kier alpha value is -2.01. The van der Waals surface area contributed by atoms with Gasteiger partial charge in [-0.25, -0.2) is 4.98 Å². The lowest BCUT2D eigenvalue weighted by Gasteiger charge is -2.02. The first-order chi connectivity index (χ1) is 8.75. The predicted octanol–water partition coefficient (Wildman–Crippen LogP) is 2.74. The van der Waals surface area contributed by atoms with E-state index in [-0.39, 0.29) is 24.5 Å². The topological polar surface area (TPSA) is 59.1 Å². The highest BCUT2D eigenvalue weighted by Gasteiger charge is 2.10. The van der Waals surface area contributed by atoms with Gasteiger partial charge in [0.15, 0.2) is 5.78 Å². The van der Waals surface area contributed by atoms with Crippen LogP contribution >= 0.6 is 11.3 Å². The maximum Gasteiger partial charge on any atom is 0.225 e. The number of carbonyl (C=O) groups is 2. The summed E-state index contributed by atoms with van der Waals surface area (Å²) in [6.45, 7) is 0. The molecule has 0 aliphatic rings. The normalized spacial score (nSPS) is 10.0. The molecule has 0 saturated heterocycles. The van der Waals surface area contributed by atoms with E-state index in [1.807, 2.05) is 11.4 Å². The van der Waals surface area contributed by atoms with Crippen LogP contribution in [0.5, 0.6) is 0 Å². The molecule has 0 aliphatic heterocycles. The second kappa shape index (κ2) is 6.07. The molecule has 5 heteroatoms. The minimum atomic E-state index is -0.196. The predicted molar refractivity (Wildman–Crippen MR) is 70.8 cm³/mol. The van der Waals surface area contributed by atoms with Crippen LogP contribution in [0.15, 0.2) is 41.9 Å². The highest BCUT2D eigenvalue weighted by Crippen LogP contribution is 2.12. The SMILES string of the molecule is O=C(CCC(=O)c1cccs1)Nc1ccccn1. The molecule has 2 aromatic heterocycles. The number of amides is 1. The number of Topliss-reactive ketones (excluding diaryl/α,β-unsaturated/α-hetero) is 1. The van der Waals surface area contributed by atoms with Gasteiger partial charge in [-0.3, -0.25) is 9.59 Å². The number of thiophene rings is 1. The number of nitrogens with one attached hydrogen (secondary N) is 1. The van der Waals surface area contributed by atoms with Gasteiger partial charge in [0, 0.05) is 19.0 Å². The van der Waals surface area contributed by atoms with Gasteiger partial charge in [-0.05, 0) is 23.6 Å². The molecule has 2 heterocycles. The number of rotatable bonds is 5. The summed E-state index contributed by atoms with van der Waals surface area (Å²) in [6, 6.07) is 8.86. The standard InChI is InChI=1S/C13H12N2O2S/c16-10(11-4-3-9-18-11)6-7-13(17)15-12-5-1-2-8-14-12/h1-5,8-9H,6-7H2,(H,14,15,17). The van der Waals surface area contributed by atoms with Crippen molar-refractivity contribution in [1.29, 1.82) is 0 Å². The minimum Gasteiger partial charge on any atom is -0.311 e. The molecule has 0 saturated carbocycles. The molecule has 0 radical (unpaired) electrons. The fraction of sp³-hybridized carbons (Fsp3) is 0.154. The zero-order valence-electron chi connectivity index (χ0n) is 9.63. The number of hydrogen-bond acceptors (Lipinski definition) is 4. The van der Waals surface area contributed by atoms with E-state index in [0.717, 1.165) is 0 Å². The molecule has 0 aromatic carbocycles. The zero-order valence-corrected chi connectivity index (χ0v) is 10.4. The summed E-state index contributed by atoms with van der Waals surface area (Å²) in [5.74, 6) is 0.311. The lowest BCUT2D eigenvalue weighted by atomic mass is 10.2. The van der Waals surface area contributed by atoms with Crippen molar-refractivity contribution < 1.29 is 9.59 Å². The fourth-order valence-electron chi connectivity index (χ4n) is 1.43. The van der Waals surface area contributed by atoms with Crippen LogP contribution in [0.4, 0.5) is 5.82 Å². The van der Waals surface area contributed by atoms with Crippen molar-refractivity contribution in [3.05, 3.63) is 46.8 Å². The molecule has 1 amide bonds. The monoisotopic (exact) mass is 260 g/mol. The van der Waals surface area contributed by atoms with E-state index in [2.05, 4.69) is 10.3 Å². The van der Waals surface area contributed by atoms with Crippen molar-refractivity contribution in [3.63, 3.8) is 0 Å². The fourth-order valence-corrected chi connectivity index (χ4v) is 2.12. The third-order valence-corrected chi connectivity index (χ3v) is 3.22. The molecule has 4 nitrogen and oxygen atoms in total. The Labute approximate surface area is 109 Å². The average Bonchev–Trinajstić information content (AvgIpc) is 2.91. The first kappa shape index (κ1) is 12.4. The van der Waals surface area contributed by atoms with Gasteiger partial charge in [0.05, 0.1) is 4.88 Å². The van der Waals surface area contributed by atoms with Crippen molar-refractivity contribution in [1.82, 2.24) is 4.98 Å². The van der Waals surface area contributed by atoms with Crippen LogP contribution in [0.2, 0.25) is 0 Å². The molecule has 92 valence electrons. The van der Waals surface area contributed by atoms with Gasteiger partial charge in [0.2, 0.25) is 5.91 Å². The smallest absolute Gasteiger partial charge is 0.225 e. The van der Waals surface area contributed by atoms with Crippen LogP contribution < -0.4 is 5.32 Å². The number of nitrogens with zero attached hydrogens (tertiary/aromatic N) is 1. The van der Waals surface area contributed by atoms with Crippen molar-refractivity contribution in [2.75, 3.05) is 5.32 Å². The quantitative estimate of drug-likeness (QED) is 0.841. The summed E-state index contributed by atoms with van der Waals surface area (Å²) >= 11 is 1.39. The van der Waals surface area contributed by atoms with Crippen LogP contribution in [-0.2, 0) is 4.79 Å². The Balaban J connectivity index is 1.80. The number of anilines is 1. The van der Waals surface area contributed by atoms with E-state index in [4.69, 9.17) is 0 Å². The average molecular weight is 260 g/mol. The Morgan fingerprint density at radius 3 is 2.72 bits per heavy atom. The van der Waals surface area contributed by atoms with E-state index in [1.165, 1.54) is 11.3 Å². The minimum absolute atomic E-state index is 0.00108. The lowest BCUT2D eigenvalue weighted by molar-refractivity contribution is -0.116. The van der Waals surface area contributed by atoms with Gasteiger partial charge in [0.1, 0.15) is 5.82 Å². The summed E-state index contributed by atoms with van der Waals surface area (Å²) in [5, 5.41) is 4.49.